The monoisotopic (exact) mass is 565 g/mol. The fraction of sp³-hybridized carbons (Fsp3) is 0.440. The van der Waals surface area contributed by atoms with Crippen molar-refractivity contribution in [3.05, 3.63) is 63.7 Å². The minimum atomic E-state index is -4.59. The van der Waals surface area contributed by atoms with Crippen molar-refractivity contribution in [2.24, 2.45) is 10.5 Å². The molecule has 2 aromatic carbocycles. The van der Waals surface area contributed by atoms with E-state index >= 15 is 0 Å². The first kappa shape index (κ1) is 29.2. The Bertz CT molecular complexity index is 1180. The van der Waals surface area contributed by atoms with Crippen LogP contribution in [0.2, 0.25) is 5.02 Å². The van der Waals surface area contributed by atoms with E-state index in [9.17, 15) is 31.1 Å². The van der Waals surface area contributed by atoms with Gasteiger partial charge >= 0.3 is 12.4 Å². The zero-order valence-electron chi connectivity index (χ0n) is 20.4. The maximum atomic E-state index is 13.2. The third-order valence-electron chi connectivity index (χ3n) is 6.11. The molecule has 0 aromatic heterocycles. The molecule has 0 fully saturated rings. The molecule has 0 aliphatic carbocycles. The number of benzene rings is 2. The fourth-order valence-corrected chi connectivity index (χ4v) is 5.12. The molecule has 1 atom stereocenters. The van der Waals surface area contributed by atoms with Crippen molar-refractivity contribution in [1.82, 2.24) is 5.01 Å². The molecule has 3 rings (SSSR count). The second kappa shape index (κ2) is 11.1. The van der Waals surface area contributed by atoms with Gasteiger partial charge in [0.15, 0.2) is 0 Å². The van der Waals surface area contributed by atoms with Crippen molar-refractivity contribution in [2.45, 2.75) is 39.0 Å². The van der Waals surface area contributed by atoms with E-state index in [-0.39, 0.29) is 17.8 Å². The van der Waals surface area contributed by atoms with Gasteiger partial charge in [-0.2, -0.15) is 43.2 Å². The number of aryl methyl sites for hydroxylation is 1. The van der Waals surface area contributed by atoms with Gasteiger partial charge < -0.3 is 5.32 Å². The Balaban J connectivity index is 1.81. The summed E-state index contributed by atoms with van der Waals surface area (Å²) in [5, 5.41) is 8.23. The number of thioether (sulfide) groups is 1. The van der Waals surface area contributed by atoms with Crippen molar-refractivity contribution in [2.75, 3.05) is 30.4 Å². The molecule has 1 heterocycles. The van der Waals surface area contributed by atoms with Gasteiger partial charge in [-0.3, -0.25) is 9.80 Å². The number of carbonyl (C=O) groups is 1. The number of anilines is 1. The summed E-state index contributed by atoms with van der Waals surface area (Å²) < 4.78 is 78.6. The molecule has 0 saturated carbocycles. The number of hydrogen-bond acceptors (Lipinski definition) is 4. The SMILES string of the molecule is CSCCCC1(C)CN(CC(=O)Nc2ccc(C(F)(F)F)c(C)c2)N=C1c1ccc(C(F)(F)F)c(Cl)c1. The van der Waals surface area contributed by atoms with Gasteiger partial charge in [0.2, 0.25) is 5.91 Å². The van der Waals surface area contributed by atoms with Gasteiger partial charge in [-0.1, -0.05) is 24.6 Å². The molecule has 1 amide bonds. The molecular weight excluding hydrogens is 540 g/mol. The van der Waals surface area contributed by atoms with Gasteiger partial charge in [0.05, 0.1) is 21.9 Å². The lowest BCUT2D eigenvalue weighted by atomic mass is 9.78. The van der Waals surface area contributed by atoms with Gasteiger partial charge in [-0.05, 0) is 73.2 Å². The number of nitrogens with one attached hydrogen (secondary N) is 1. The minimum absolute atomic E-state index is 0.0210. The van der Waals surface area contributed by atoms with Crippen LogP contribution in [-0.4, -0.2) is 41.7 Å². The Kier molecular flexibility index (Phi) is 8.78. The van der Waals surface area contributed by atoms with E-state index < -0.39 is 39.8 Å². The average molecular weight is 566 g/mol. The van der Waals surface area contributed by atoms with Crippen LogP contribution >= 0.6 is 23.4 Å². The molecule has 0 radical (unpaired) electrons. The molecule has 0 bridgehead atoms. The van der Waals surface area contributed by atoms with Crippen LogP contribution in [0.4, 0.5) is 32.0 Å². The molecule has 1 N–H and O–H groups in total. The molecule has 1 aliphatic heterocycles. The minimum Gasteiger partial charge on any atom is -0.324 e. The van der Waals surface area contributed by atoms with Crippen molar-refractivity contribution in [3.8, 4) is 0 Å². The van der Waals surface area contributed by atoms with Crippen molar-refractivity contribution in [1.29, 1.82) is 0 Å². The average Bonchev–Trinajstić information content (AvgIpc) is 3.07. The first-order valence-corrected chi connectivity index (χ1v) is 13.1. The highest BCUT2D eigenvalue weighted by Crippen LogP contribution is 2.39. The highest BCUT2D eigenvalue weighted by Gasteiger charge is 2.40. The Morgan fingerprint density at radius 2 is 1.76 bits per heavy atom. The van der Waals surface area contributed by atoms with Gasteiger partial charge in [0, 0.05) is 17.6 Å². The number of halogens is 7. The molecule has 12 heteroatoms. The fourth-order valence-electron chi connectivity index (χ4n) is 4.39. The number of alkyl halides is 6. The summed E-state index contributed by atoms with van der Waals surface area (Å²) in [5.74, 6) is 0.394. The van der Waals surface area contributed by atoms with Crippen LogP contribution in [0.3, 0.4) is 0 Å². The quantitative estimate of drug-likeness (QED) is 0.266. The molecule has 1 unspecified atom stereocenters. The van der Waals surface area contributed by atoms with Gasteiger partial charge in [0.25, 0.3) is 0 Å². The van der Waals surface area contributed by atoms with Crippen LogP contribution in [-0.2, 0) is 17.1 Å². The molecule has 4 nitrogen and oxygen atoms in total. The maximum absolute atomic E-state index is 13.2. The summed E-state index contributed by atoms with van der Waals surface area (Å²) in [6, 6.07) is 6.83. The lowest BCUT2D eigenvalue weighted by molar-refractivity contribution is -0.138. The van der Waals surface area contributed by atoms with Gasteiger partial charge in [-0.15, -0.1) is 0 Å². The summed E-state index contributed by atoms with van der Waals surface area (Å²) in [6.45, 7) is 3.41. The van der Waals surface area contributed by atoms with Gasteiger partial charge in [-0.25, -0.2) is 0 Å². The Morgan fingerprint density at radius 3 is 2.32 bits per heavy atom. The number of rotatable bonds is 8. The number of hydrogen-bond donors (Lipinski definition) is 1. The lowest BCUT2D eigenvalue weighted by Crippen LogP contribution is -2.35. The van der Waals surface area contributed by atoms with Crippen molar-refractivity contribution < 1.29 is 31.1 Å². The van der Waals surface area contributed by atoms with Crippen LogP contribution in [0.15, 0.2) is 41.5 Å². The van der Waals surface area contributed by atoms with E-state index in [1.165, 1.54) is 36.2 Å². The third kappa shape index (κ3) is 7.13. The normalized spacial score (nSPS) is 18.2. The van der Waals surface area contributed by atoms with E-state index in [0.717, 1.165) is 24.3 Å². The Hall–Kier alpha value is -2.40. The molecule has 1 aliphatic rings. The highest BCUT2D eigenvalue weighted by molar-refractivity contribution is 7.98. The van der Waals surface area contributed by atoms with E-state index in [0.29, 0.717) is 24.2 Å². The van der Waals surface area contributed by atoms with Crippen LogP contribution in [0, 0.1) is 12.3 Å². The molecular formula is C25H26ClF6N3OS. The zero-order chi connectivity index (χ0) is 27.6. The second-order valence-corrected chi connectivity index (χ2v) is 10.6. The lowest BCUT2D eigenvalue weighted by Gasteiger charge is -2.27. The predicted octanol–water partition coefficient (Wildman–Crippen LogP) is 7.49. The predicted molar refractivity (Wildman–Crippen MR) is 135 cm³/mol. The molecule has 37 heavy (non-hydrogen) atoms. The topological polar surface area (TPSA) is 44.7 Å². The molecule has 0 saturated heterocycles. The van der Waals surface area contributed by atoms with Crippen LogP contribution in [0.25, 0.3) is 0 Å². The van der Waals surface area contributed by atoms with Crippen LogP contribution < -0.4 is 5.32 Å². The van der Waals surface area contributed by atoms with E-state index in [2.05, 4.69) is 10.4 Å². The first-order valence-electron chi connectivity index (χ1n) is 11.3. The number of amides is 1. The van der Waals surface area contributed by atoms with Crippen LogP contribution in [0.1, 0.15) is 42.0 Å². The summed E-state index contributed by atoms with van der Waals surface area (Å²) in [7, 11) is 0. The summed E-state index contributed by atoms with van der Waals surface area (Å²) in [6.07, 6.45) is -5.59. The summed E-state index contributed by atoms with van der Waals surface area (Å²) in [5.41, 5.74) is -1.11. The number of nitrogens with zero attached hydrogens (tertiary/aromatic N) is 2. The number of carbonyl (C=O) groups excluding carboxylic acids is 1. The van der Waals surface area contributed by atoms with Gasteiger partial charge in [0.1, 0.15) is 6.54 Å². The zero-order valence-corrected chi connectivity index (χ0v) is 21.9. The van der Waals surface area contributed by atoms with E-state index in [1.807, 2.05) is 13.2 Å². The van der Waals surface area contributed by atoms with Crippen molar-refractivity contribution in [3.63, 3.8) is 0 Å². The van der Waals surface area contributed by atoms with Crippen molar-refractivity contribution >= 4 is 40.7 Å². The first-order chi connectivity index (χ1) is 17.1. The Labute approximate surface area is 220 Å². The molecule has 202 valence electrons. The third-order valence-corrected chi connectivity index (χ3v) is 7.12. The molecule has 2 aromatic rings. The maximum Gasteiger partial charge on any atom is 0.417 e. The Morgan fingerprint density at radius 1 is 1.11 bits per heavy atom. The second-order valence-electron chi connectivity index (χ2n) is 9.20. The van der Waals surface area contributed by atoms with E-state index in [1.54, 1.807) is 11.8 Å². The van der Waals surface area contributed by atoms with Crippen LogP contribution in [0.5, 0.6) is 0 Å². The smallest absolute Gasteiger partial charge is 0.324 e. The summed E-state index contributed by atoms with van der Waals surface area (Å²) >= 11 is 7.62. The standard InChI is InChI=1S/C25H26ClF6N3OS/c1-15-11-17(6-8-18(15)24(27,28)29)33-21(36)13-35-14-23(2,9-4-10-37-3)22(34-35)16-5-7-19(20(26)12-16)25(30,31)32/h5-8,11-12H,4,9-10,13-14H2,1-3H3,(H,33,36). The van der Waals surface area contributed by atoms with E-state index in [4.69, 9.17) is 11.6 Å². The largest absolute Gasteiger partial charge is 0.417 e. The highest BCUT2D eigenvalue weighted by atomic mass is 35.5. The number of hydrazone groups is 1. The summed E-state index contributed by atoms with van der Waals surface area (Å²) in [4.78, 5) is 12.7. The molecule has 0 spiro atoms.